The lowest BCUT2D eigenvalue weighted by atomic mass is 10.1. The molecule has 0 radical (unpaired) electrons. The molecule has 0 bridgehead atoms. The van der Waals surface area contributed by atoms with E-state index < -0.39 is 4.92 Å². The zero-order valence-electron chi connectivity index (χ0n) is 16.0. The van der Waals surface area contributed by atoms with Crippen LogP contribution in [-0.4, -0.2) is 26.3 Å². The van der Waals surface area contributed by atoms with Crippen LogP contribution in [0.15, 0.2) is 69.8 Å². The average molecular weight is 402 g/mol. The van der Waals surface area contributed by atoms with Crippen molar-refractivity contribution in [1.29, 1.82) is 0 Å². The number of nitrogens with zero attached hydrogens (tertiary/aromatic N) is 4. The maximum absolute atomic E-state index is 11.0. The molecule has 8 nitrogen and oxygen atoms in total. The lowest BCUT2D eigenvalue weighted by Crippen LogP contribution is -2.30. The van der Waals surface area contributed by atoms with E-state index in [4.69, 9.17) is 8.83 Å². The molecule has 0 saturated carbocycles. The summed E-state index contributed by atoms with van der Waals surface area (Å²) < 4.78 is 11.3. The Hall–Kier alpha value is -3.78. The third kappa shape index (κ3) is 3.60. The Morgan fingerprint density at radius 3 is 2.90 bits per heavy atom. The summed E-state index contributed by atoms with van der Waals surface area (Å²) in [5.41, 5.74) is 2.89. The summed E-state index contributed by atoms with van der Waals surface area (Å²) >= 11 is 0. The Balaban J connectivity index is 1.29. The van der Waals surface area contributed by atoms with E-state index in [0.29, 0.717) is 29.5 Å². The van der Waals surface area contributed by atoms with Gasteiger partial charge in [0.15, 0.2) is 11.6 Å². The van der Waals surface area contributed by atoms with Crippen molar-refractivity contribution < 1.29 is 13.8 Å². The maximum atomic E-state index is 11.0. The molecule has 0 unspecified atom stereocenters. The predicted molar refractivity (Wildman–Crippen MR) is 108 cm³/mol. The fourth-order valence-electron chi connectivity index (χ4n) is 3.65. The zero-order valence-corrected chi connectivity index (χ0v) is 16.0. The van der Waals surface area contributed by atoms with Crippen LogP contribution in [0.5, 0.6) is 0 Å². The minimum Gasteiger partial charge on any atom is -0.461 e. The van der Waals surface area contributed by atoms with E-state index in [0.717, 1.165) is 36.5 Å². The van der Waals surface area contributed by atoms with E-state index in [1.807, 2.05) is 30.5 Å². The van der Waals surface area contributed by atoms with Crippen LogP contribution in [0.3, 0.4) is 0 Å². The Labute approximate surface area is 171 Å². The maximum Gasteiger partial charge on any atom is 0.270 e. The van der Waals surface area contributed by atoms with Gasteiger partial charge in [-0.05, 0) is 24.3 Å². The number of rotatable bonds is 5. The average Bonchev–Trinajstić information content (AvgIpc) is 3.46. The van der Waals surface area contributed by atoms with Crippen molar-refractivity contribution in [3.05, 3.63) is 88.1 Å². The van der Waals surface area contributed by atoms with Gasteiger partial charge < -0.3 is 8.83 Å². The molecule has 3 aromatic heterocycles. The predicted octanol–water partition coefficient (Wildman–Crippen LogP) is 4.46. The number of nitro groups is 1. The van der Waals surface area contributed by atoms with Gasteiger partial charge in [0.2, 0.25) is 0 Å². The van der Waals surface area contributed by atoms with Crippen LogP contribution < -0.4 is 0 Å². The van der Waals surface area contributed by atoms with E-state index in [2.05, 4.69) is 14.9 Å². The molecule has 0 amide bonds. The molecule has 5 rings (SSSR count). The smallest absolute Gasteiger partial charge is 0.270 e. The highest BCUT2D eigenvalue weighted by Gasteiger charge is 2.20. The number of non-ortho nitro benzene ring substituents is 1. The topological polar surface area (TPSA) is 98.4 Å². The highest BCUT2D eigenvalue weighted by Crippen LogP contribution is 2.27. The third-order valence-corrected chi connectivity index (χ3v) is 5.14. The first-order valence-corrected chi connectivity index (χ1v) is 9.60. The molecule has 4 heterocycles. The van der Waals surface area contributed by atoms with Gasteiger partial charge in [-0.15, -0.1) is 0 Å². The van der Waals surface area contributed by atoms with Gasteiger partial charge in [0, 0.05) is 49.0 Å². The third-order valence-electron chi connectivity index (χ3n) is 5.14. The van der Waals surface area contributed by atoms with Gasteiger partial charge in [0.05, 0.1) is 23.4 Å². The van der Waals surface area contributed by atoms with Crippen molar-refractivity contribution in [1.82, 2.24) is 14.9 Å². The largest absolute Gasteiger partial charge is 0.461 e. The van der Waals surface area contributed by atoms with Crippen LogP contribution >= 0.6 is 0 Å². The zero-order chi connectivity index (χ0) is 20.5. The quantitative estimate of drug-likeness (QED) is 0.359. The molecule has 30 heavy (non-hydrogen) atoms. The van der Waals surface area contributed by atoms with Gasteiger partial charge in [-0.1, -0.05) is 12.1 Å². The number of fused-ring (bicyclic) bond motifs is 1. The molecule has 1 aliphatic heterocycles. The monoisotopic (exact) mass is 402 g/mol. The van der Waals surface area contributed by atoms with E-state index in [9.17, 15) is 10.1 Å². The van der Waals surface area contributed by atoms with E-state index in [1.165, 1.54) is 12.1 Å². The molecular weight excluding hydrogens is 384 g/mol. The second-order valence-corrected chi connectivity index (χ2v) is 7.18. The molecule has 0 N–H and O–H groups in total. The molecule has 0 saturated heterocycles. The van der Waals surface area contributed by atoms with Gasteiger partial charge in [-0.2, -0.15) is 0 Å². The highest BCUT2D eigenvalue weighted by atomic mass is 16.6. The van der Waals surface area contributed by atoms with Gasteiger partial charge in [-0.25, -0.2) is 9.97 Å². The van der Waals surface area contributed by atoms with Crippen molar-refractivity contribution in [3.63, 3.8) is 0 Å². The number of benzene rings is 1. The molecule has 0 spiro atoms. The van der Waals surface area contributed by atoms with Gasteiger partial charge in [0.25, 0.3) is 5.69 Å². The second kappa shape index (κ2) is 7.57. The molecule has 1 aromatic carbocycles. The van der Waals surface area contributed by atoms with Crippen molar-refractivity contribution >= 4 is 5.69 Å². The van der Waals surface area contributed by atoms with E-state index in [-0.39, 0.29) is 5.69 Å². The Bertz CT molecular complexity index is 1200. The van der Waals surface area contributed by atoms with Crippen molar-refractivity contribution in [2.24, 2.45) is 0 Å². The van der Waals surface area contributed by atoms with Crippen molar-refractivity contribution in [2.45, 2.75) is 19.5 Å². The van der Waals surface area contributed by atoms with Crippen LogP contribution in [0.25, 0.3) is 22.9 Å². The van der Waals surface area contributed by atoms with Crippen LogP contribution in [0.1, 0.15) is 17.0 Å². The Morgan fingerprint density at radius 2 is 2.07 bits per heavy atom. The number of aromatic nitrogens is 2. The van der Waals surface area contributed by atoms with Gasteiger partial charge >= 0.3 is 0 Å². The summed E-state index contributed by atoms with van der Waals surface area (Å²) in [6.07, 6.45) is 4.30. The first-order chi connectivity index (χ1) is 14.7. The summed E-state index contributed by atoms with van der Waals surface area (Å²) in [4.78, 5) is 21.9. The van der Waals surface area contributed by atoms with Crippen LogP contribution in [-0.2, 0) is 19.5 Å². The molecule has 4 aromatic rings. The molecule has 0 aliphatic carbocycles. The summed E-state index contributed by atoms with van der Waals surface area (Å²) in [6, 6.07) is 13.9. The number of hydrogen-bond acceptors (Lipinski definition) is 7. The SMILES string of the molecule is O=[N+]([O-])c1cccc(-c2ccc(CN3CCc4nc(-c5ccco5)ncc4C3)o2)c1. The molecule has 0 atom stereocenters. The molecule has 0 fully saturated rings. The minimum absolute atomic E-state index is 0.0482. The fourth-order valence-corrected chi connectivity index (χ4v) is 3.65. The van der Waals surface area contributed by atoms with Gasteiger partial charge in [0.1, 0.15) is 11.5 Å². The summed E-state index contributed by atoms with van der Waals surface area (Å²) in [6.45, 7) is 2.24. The van der Waals surface area contributed by atoms with Crippen LogP contribution in [0.2, 0.25) is 0 Å². The molecular formula is C22H18N4O4. The van der Waals surface area contributed by atoms with E-state index >= 15 is 0 Å². The number of hydrogen-bond donors (Lipinski definition) is 0. The highest BCUT2D eigenvalue weighted by molar-refractivity contribution is 5.61. The van der Waals surface area contributed by atoms with Crippen LogP contribution in [0, 0.1) is 10.1 Å². The lowest BCUT2D eigenvalue weighted by molar-refractivity contribution is -0.384. The Kier molecular flexibility index (Phi) is 4.61. The first-order valence-electron chi connectivity index (χ1n) is 9.60. The summed E-state index contributed by atoms with van der Waals surface area (Å²) in [5.74, 6) is 2.72. The summed E-state index contributed by atoms with van der Waals surface area (Å²) in [7, 11) is 0. The summed E-state index contributed by atoms with van der Waals surface area (Å²) in [5, 5.41) is 11.0. The minimum atomic E-state index is -0.405. The normalized spacial score (nSPS) is 13.9. The van der Waals surface area contributed by atoms with Gasteiger partial charge in [-0.3, -0.25) is 15.0 Å². The first kappa shape index (κ1) is 18.3. The molecule has 8 heteroatoms. The molecule has 150 valence electrons. The van der Waals surface area contributed by atoms with Crippen molar-refractivity contribution in [3.8, 4) is 22.9 Å². The number of nitro benzene ring substituents is 1. The molecule has 1 aliphatic rings. The fraction of sp³-hybridized carbons (Fsp3) is 0.182. The number of furan rings is 2. The second-order valence-electron chi connectivity index (χ2n) is 7.18. The van der Waals surface area contributed by atoms with Crippen LogP contribution in [0.4, 0.5) is 5.69 Å². The Morgan fingerprint density at radius 1 is 1.13 bits per heavy atom. The van der Waals surface area contributed by atoms with Crippen molar-refractivity contribution in [2.75, 3.05) is 6.54 Å². The lowest BCUT2D eigenvalue weighted by Gasteiger charge is -2.27. The standard InChI is InChI=1S/C22H18N4O4/c27-26(28)17-4-1-3-15(11-17)20-7-6-18(30-20)14-25-9-8-19-16(13-25)12-23-22(24-19)21-5-2-10-29-21/h1-7,10-12H,8-9,13-14H2. The van der Waals surface area contributed by atoms with E-state index in [1.54, 1.807) is 18.4 Å².